The molecule has 3 atom stereocenters. The molecule has 0 aromatic heterocycles. The Hall–Kier alpha value is -1.55. The highest BCUT2D eigenvalue weighted by molar-refractivity contribution is 5.91. The van der Waals surface area contributed by atoms with Gasteiger partial charge in [-0.15, -0.1) is 0 Å². The van der Waals surface area contributed by atoms with Crippen molar-refractivity contribution < 1.29 is 14.3 Å². The number of amides is 1. The summed E-state index contributed by atoms with van der Waals surface area (Å²) in [5.41, 5.74) is 0.816. The first-order valence-electron chi connectivity index (χ1n) is 7.80. The molecule has 2 aliphatic carbocycles. The summed E-state index contributed by atoms with van der Waals surface area (Å²) >= 11 is 0. The van der Waals surface area contributed by atoms with E-state index in [1.807, 2.05) is 24.3 Å². The fourth-order valence-electron chi connectivity index (χ4n) is 3.75. The zero-order valence-electron chi connectivity index (χ0n) is 12.3. The largest absolute Gasteiger partial charge is 0.497 e. The van der Waals surface area contributed by atoms with Crippen molar-refractivity contribution in [1.82, 2.24) is 5.32 Å². The minimum atomic E-state index is -0.295. The maximum atomic E-state index is 12.7. The highest BCUT2D eigenvalue weighted by Crippen LogP contribution is 2.49. The topological polar surface area (TPSA) is 47.6 Å². The number of hydrogen-bond acceptors (Lipinski definition) is 3. The van der Waals surface area contributed by atoms with Gasteiger partial charge in [0, 0.05) is 18.6 Å². The molecule has 0 spiro atoms. The third-order valence-corrected chi connectivity index (χ3v) is 5.41. The molecule has 3 fully saturated rings. The smallest absolute Gasteiger partial charge is 0.230 e. The van der Waals surface area contributed by atoms with Gasteiger partial charge < -0.3 is 14.8 Å². The number of fused-ring (bicyclic) bond motifs is 1. The van der Waals surface area contributed by atoms with Gasteiger partial charge in [-0.3, -0.25) is 4.79 Å². The normalized spacial score (nSPS) is 32.0. The molecule has 1 aromatic carbocycles. The van der Waals surface area contributed by atoms with Gasteiger partial charge in [0.2, 0.25) is 5.91 Å². The minimum absolute atomic E-state index is 0.197. The molecule has 4 nitrogen and oxygen atoms in total. The van der Waals surface area contributed by atoms with E-state index in [2.05, 4.69) is 5.32 Å². The Bertz CT molecular complexity index is 550. The van der Waals surface area contributed by atoms with E-state index in [0.29, 0.717) is 18.1 Å². The van der Waals surface area contributed by atoms with Crippen molar-refractivity contribution in [3.63, 3.8) is 0 Å². The van der Waals surface area contributed by atoms with Crippen LogP contribution in [0.5, 0.6) is 5.75 Å². The van der Waals surface area contributed by atoms with Crippen LogP contribution in [0.2, 0.25) is 0 Å². The molecule has 4 rings (SSSR count). The molecule has 1 N–H and O–H groups in total. The Morgan fingerprint density at radius 3 is 2.71 bits per heavy atom. The van der Waals surface area contributed by atoms with Crippen molar-refractivity contribution in [2.75, 3.05) is 13.7 Å². The van der Waals surface area contributed by atoms with Crippen LogP contribution >= 0.6 is 0 Å². The van der Waals surface area contributed by atoms with Gasteiger partial charge in [-0.05, 0) is 43.4 Å². The quantitative estimate of drug-likeness (QED) is 0.921. The summed E-state index contributed by atoms with van der Waals surface area (Å²) in [4.78, 5) is 12.7. The molecule has 1 saturated heterocycles. The lowest BCUT2D eigenvalue weighted by atomic mass is 9.76. The number of rotatable bonds is 4. The van der Waals surface area contributed by atoms with Crippen molar-refractivity contribution in [3.05, 3.63) is 29.8 Å². The summed E-state index contributed by atoms with van der Waals surface area (Å²) in [6, 6.07) is 8.24. The van der Waals surface area contributed by atoms with Crippen LogP contribution in [-0.2, 0) is 14.9 Å². The van der Waals surface area contributed by atoms with Crippen LogP contribution in [-0.4, -0.2) is 31.8 Å². The van der Waals surface area contributed by atoms with Gasteiger partial charge in [-0.2, -0.15) is 0 Å². The predicted octanol–water partition coefficient (Wildman–Crippen LogP) is 2.02. The van der Waals surface area contributed by atoms with Gasteiger partial charge in [-0.1, -0.05) is 12.1 Å². The van der Waals surface area contributed by atoms with Gasteiger partial charge in [-0.25, -0.2) is 0 Å². The average Bonchev–Trinajstić information content (AvgIpc) is 3.23. The van der Waals surface area contributed by atoms with Crippen molar-refractivity contribution >= 4 is 5.91 Å². The van der Waals surface area contributed by atoms with E-state index in [-0.39, 0.29) is 11.3 Å². The van der Waals surface area contributed by atoms with Crippen LogP contribution in [0, 0.1) is 5.92 Å². The molecule has 0 radical (unpaired) electrons. The standard InChI is InChI=1S/C17H21NO3/c1-20-12-4-2-11(3-5-12)17(7-8-17)16(19)18-14-10-15-13(14)6-9-21-15/h2-5,13-15H,6-10H2,1H3,(H,18,19)/t13-,14+,15+/m0/s1. The van der Waals surface area contributed by atoms with Gasteiger partial charge in [0.05, 0.1) is 18.6 Å². The Morgan fingerprint density at radius 2 is 2.10 bits per heavy atom. The molecule has 3 aliphatic rings. The third-order valence-electron chi connectivity index (χ3n) is 5.41. The molecule has 1 aromatic rings. The fraction of sp³-hybridized carbons (Fsp3) is 0.588. The SMILES string of the molecule is COc1ccc(C2(C(=O)N[C@@H]3C[C@H]4OCC[C@@H]34)CC2)cc1. The molecule has 1 heterocycles. The lowest BCUT2D eigenvalue weighted by molar-refractivity contribution is -0.126. The Balaban J connectivity index is 1.45. The molecular weight excluding hydrogens is 266 g/mol. The first-order chi connectivity index (χ1) is 10.2. The Morgan fingerprint density at radius 1 is 1.33 bits per heavy atom. The number of carbonyl (C=O) groups excluding carboxylic acids is 1. The highest BCUT2D eigenvalue weighted by Gasteiger charge is 2.54. The minimum Gasteiger partial charge on any atom is -0.497 e. The molecule has 4 heteroatoms. The summed E-state index contributed by atoms with van der Waals surface area (Å²) in [7, 11) is 1.66. The second kappa shape index (κ2) is 4.73. The summed E-state index contributed by atoms with van der Waals surface area (Å²) in [6.07, 6.45) is 4.36. The first kappa shape index (κ1) is 13.1. The fourth-order valence-corrected chi connectivity index (χ4v) is 3.75. The van der Waals surface area contributed by atoms with Crippen LogP contribution in [0.3, 0.4) is 0 Å². The summed E-state index contributed by atoms with van der Waals surface area (Å²) < 4.78 is 10.8. The second-order valence-electron chi connectivity index (χ2n) is 6.49. The van der Waals surface area contributed by atoms with Crippen molar-refractivity contribution in [2.45, 2.75) is 43.2 Å². The van der Waals surface area contributed by atoms with Gasteiger partial charge in [0.15, 0.2) is 0 Å². The third kappa shape index (κ3) is 2.04. The zero-order valence-corrected chi connectivity index (χ0v) is 12.3. The summed E-state index contributed by atoms with van der Waals surface area (Å²) in [5.74, 6) is 1.57. The molecule has 0 unspecified atom stereocenters. The maximum Gasteiger partial charge on any atom is 0.230 e. The maximum absolute atomic E-state index is 12.7. The van der Waals surface area contributed by atoms with Gasteiger partial charge in [0.1, 0.15) is 5.75 Å². The van der Waals surface area contributed by atoms with Gasteiger partial charge >= 0.3 is 0 Å². The lowest BCUT2D eigenvalue weighted by Crippen LogP contribution is -2.55. The molecule has 21 heavy (non-hydrogen) atoms. The van der Waals surface area contributed by atoms with Crippen molar-refractivity contribution in [2.24, 2.45) is 5.92 Å². The van der Waals surface area contributed by atoms with E-state index < -0.39 is 0 Å². The Labute approximate surface area is 124 Å². The van der Waals surface area contributed by atoms with E-state index in [1.165, 1.54) is 0 Å². The number of benzene rings is 1. The van der Waals surface area contributed by atoms with Crippen LogP contribution in [0.15, 0.2) is 24.3 Å². The molecule has 112 valence electrons. The molecule has 1 aliphatic heterocycles. The number of nitrogens with one attached hydrogen (secondary N) is 1. The summed E-state index contributed by atoms with van der Waals surface area (Å²) in [6.45, 7) is 0.853. The van der Waals surface area contributed by atoms with Crippen LogP contribution in [0.4, 0.5) is 0 Å². The van der Waals surface area contributed by atoms with Crippen LogP contribution in [0.1, 0.15) is 31.2 Å². The van der Waals surface area contributed by atoms with E-state index >= 15 is 0 Å². The summed E-state index contributed by atoms with van der Waals surface area (Å²) in [5, 5.41) is 3.27. The molecule has 0 bridgehead atoms. The van der Waals surface area contributed by atoms with E-state index in [1.54, 1.807) is 7.11 Å². The van der Waals surface area contributed by atoms with Crippen LogP contribution in [0.25, 0.3) is 0 Å². The first-order valence-corrected chi connectivity index (χ1v) is 7.80. The number of ether oxygens (including phenoxy) is 2. The Kier molecular flexibility index (Phi) is 2.96. The average molecular weight is 287 g/mol. The molecule has 1 amide bonds. The lowest BCUT2D eigenvalue weighted by Gasteiger charge is -2.40. The van der Waals surface area contributed by atoms with Gasteiger partial charge in [0.25, 0.3) is 0 Å². The number of methoxy groups -OCH3 is 1. The van der Waals surface area contributed by atoms with Crippen LogP contribution < -0.4 is 10.1 Å². The number of carbonyl (C=O) groups is 1. The van der Waals surface area contributed by atoms with E-state index in [9.17, 15) is 4.79 Å². The molecule has 2 saturated carbocycles. The van der Waals surface area contributed by atoms with Crippen molar-refractivity contribution in [3.8, 4) is 5.75 Å². The monoisotopic (exact) mass is 287 g/mol. The van der Waals surface area contributed by atoms with E-state index in [0.717, 1.165) is 43.6 Å². The zero-order chi connectivity index (χ0) is 14.4. The van der Waals surface area contributed by atoms with E-state index in [4.69, 9.17) is 9.47 Å². The molecular formula is C17H21NO3. The van der Waals surface area contributed by atoms with Crippen molar-refractivity contribution in [1.29, 1.82) is 0 Å². The second-order valence-corrected chi connectivity index (χ2v) is 6.49. The highest BCUT2D eigenvalue weighted by atomic mass is 16.5. The number of hydrogen-bond donors (Lipinski definition) is 1. The predicted molar refractivity (Wildman–Crippen MR) is 78.3 cm³/mol.